The molecule has 1 aromatic carbocycles. The van der Waals surface area contributed by atoms with Crippen molar-refractivity contribution in [3.63, 3.8) is 0 Å². The van der Waals surface area contributed by atoms with Gasteiger partial charge in [-0.2, -0.15) is 0 Å². The molecule has 0 atom stereocenters. The Morgan fingerprint density at radius 3 is 2.85 bits per heavy atom. The van der Waals surface area contributed by atoms with E-state index in [0.717, 1.165) is 11.6 Å². The Hall–Kier alpha value is -2.41. The first-order valence-electron chi connectivity index (χ1n) is 5.90. The van der Waals surface area contributed by atoms with Gasteiger partial charge < -0.3 is 15.2 Å². The van der Waals surface area contributed by atoms with Gasteiger partial charge >= 0.3 is 5.69 Å². The summed E-state index contributed by atoms with van der Waals surface area (Å²) in [5.41, 5.74) is 0.225. The molecule has 20 heavy (non-hydrogen) atoms. The summed E-state index contributed by atoms with van der Waals surface area (Å²) in [4.78, 5) is 21.7. The molecule has 1 rings (SSSR count). The minimum absolute atomic E-state index is 0.140. The number of hydrogen-bond donors (Lipinski definition) is 2. The van der Waals surface area contributed by atoms with Crippen molar-refractivity contribution in [2.45, 2.75) is 6.92 Å². The van der Waals surface area contributed by atoms with Gasteiger partial charge in [-0.1, -0.05) is 18.2 Å². The molecule has 0 aliphatic rings. The lowest BCUT2D eigenvalue weighted by atomic mass is 10.1. The van der Waals surface area contributed by atoms with E-state index in [0.29, 0.717) is 6.61 Å². The van der Waals surface area contributed by atoms with Crippen LogP contribution in [-0.4, -0.2) is 35.7 Å². The molecule has 7 heteroatoms. The van der Waals surface area contributed by atoms with E-state index < -0.39 is 22.3 Å². The van der Waals surface area contributed by atoms with Crippen LogP contribution in [0.4, 0.5) is 5.69 Å². The average Bonchev–Trinajstić information content (AvgIpc) is 2.37. The number of ether oxygens (including phenoxy) is 1. The minimum atomic E-state index is -0.748. The van der Waals surface area contributed by atoms with Crippen LogP contribution in [0.25, 0.3) is 0 Å². The monoisotopic (exact) mass is 280 g/mol. The summed E-state index contributed by atoms with van der Waals surface area (Å²) in [7, 11) is 0. The first-order valence-corrected chi connectivity index (χ1v) is 5.90. The number of rotatable bonds is 7. The Kier molecular flexibility index (Phi) is 5.67. The maximum Gasteiger partial charge on any atom is 0.311 e. The summed E-state index contributed by atoms with van der Waals surface area (Å²) in [6.07, 6.45) is 0. The number of para-hydroxylation sites is 1. The van der Waals surface area contributed by atoms with Crippen LogP contribution in [0.1, 0.15) is 17.3 Å². The summed E-state index contributed by atoms with van der Waals surface area (Å²) >= 11 is 0. The summed E-state index contributed by atoms with van der Waals surface area (Å²) in [6, 6.07) is 3.78. The van der Waals surface area contributed by atoms with Gasteiger partial charge in [0, 0.05) is 12.6 Å². The van der Waals surface area contributed by atoms with Gasteiger partial charge in [0.15, 0.2) is 0 Å². The van der Waals surface area contributed by atoms with E-state index in [1.807, 2.05) is 6.92 Å². The third-order valence-corrected chi connectivity index (χ3v) is 2.34. The predicted molar refractivity (Wildman–Crippen MR) is 72.7 cm³/mol. The lowest BCUT2D eigenvalue weighted by Gasteiger charge is -2.07. The Balaban J connectivity index is 2.58. The topological polar surface area (TPSA) is 102 Å². The summed E-state index contributed by atoms with van der Waals surface area (Å²) < 4.78 is 5.19. The quantitative estimate of drug-likeness (QED) is 0.342. The molecule has 108 valence electrons. The van der Waals surface area contributed by atoms with Gasteiger partial charge in [0.2, 0.25) is 5.75 Å². The van der Waals surface area contributed by atoms with Crippen LogP contribution in [-0.2, 0) is 4.74 Å². The smallest absolute Gasteiger partial charge is 0.311 e. The van der Waals surface area contributed by atoms with Gasteiger partial charge in [0.25, 0.3) is 5.91 Å². The highest BCUT2D eigenvalue weighted by Crippen LogP contribution is 2.28. The molecule has 1 amide bonds. The van der Waals surface area contributed by atoms with E-state index >= 15 is 0 Å². The number of amides is 1. The zero-order valence-electron chi connectivity index (χ0n) is 11.1. The van der Waals surface area contributed by atoms with E-state index in [-0.39, 0.29) is 18.7 Å². The molecular formula is C13H16N2O5. The van der Waals surface area contributed by atoms with Crippen LogP contribution < -0.4 is 5.32 Å². The third-order valence-electron chi connectivity index (χ3n) is 2.34. The molecule has 0 unspecified atom stereocenters. The first-order chi connectivity index (χ1) is 9.43. The molecule has 0 heterocycles. The van der Waals surface area contributed by atoms with Crippen LogP contribution in [0, 0.1) is 10.1 Å². The van der Waals surface area contributed by atoms with Gasteiger partial charge in [-0.15, -0.1) is 0 Å². The second kappa shape index (κ2) is 7.25. The number of carbonyl (C=O) groups excluding carboxylic acids is 1. The molecule has 0 saturated carbocycles. The van der Waals surface area contributed by atoms with Crippen LogP contribution in [0.3, 0.4) is 0 Å². The maximum atomic E-state index is 11.8. The first kappa shape index (κ1) is 15.6. The van der Waals surface area contributed by atoms with E-state index in [9.17, 15) is 20.0 Å². The largest absolute Gasteiger partial charge is 0.502 e. The number of aromatic hydroxyl groups is 1. The molecular weight excluding hydrogens is 264 g/mol. The highest BCUT2D eigenvalue weighted by atomic mass is 16.6. The van der Waals surface area contributed by atoms with Crippen molar-refractivity contribution in [1.82, 2.24) is 5.32 Å². The standard InChI is InChI=1S/C13H16N2O5/c1-9(2)8-20-7-6-14-13(17)10-4-3-5-11(12(10)16)15(18)19/h3-5,16H,1,6-8H2,2H3,(H,14,17). The van der Waals surface area contributed by atoms with Gasteiger partial charge in [-0.3, -0.25) is 14.9 Å². The maximum absolute atomic E-state index is 11.8. The minimum Gasteiger partial charge on any atom is -0.502 e. The van der Waals surface area contributed by atoms with E-state index in [4.69, 9.17) is 4.74 Å². The Bertz CT molecular complexity index is 527. The fraction of sp³-hybridized carbons (Fsp3) is 0.308. The third kappa shape index (κ3) is 4.36. The fourth-order valence-electron chi connectivity index (χ4n) is 1.44. The highest BCUT2D eigenvalue weighted by Gasteiger charge is 2.20. The van der Waals surface area contributed by atoms with Crippen molar-refractivity contribution in [2.75, 3.05) is 19.8 Å². The molecule has 1 aromatic rings. The lowest BCUT2D eigenvalue weighted by Crippen LogP contribution is -2.27. The number of benzene rings is 1. The molecule has 2 N–H and O–H groups in total. The predicted octanol–water partition coefficient (Wildman–Crippen LogP) is 1.62. The molecule has 0 radical (unpaired) electrons. The Morgan fingerprint density at radius 2 is 2.25 bits per heavy atom. The van der Waals surface area contributed by atoms with E-state index in [1.54, 1.807) is 0 Å². The number of nitrogens with one attached hydrogen (secondary N) is 1. The zero-order chi connectivity index (χ0) is 15.1. The molecule has 0 bridgehead atoms. The number of phenols is 1. The highest BCUT2D eigenvalue weighted by molar-refractivity contribution is 5.98. The van der Waals surface area contributed by atoms with Gasteiger partial charge in [0.05, 0.1) is 23.7 Å². The van der Waals surface area contributed by atoms with Crippen molar-refractivity contribution >= 4 is 11.6 Å². The van der Waals surface area contributed by atoms with Crippen molar-refractivity contribution < 1.29 is 19.6 Å². The molecule has 7 nitrogen and oxygen atoms in total. The normalized spacial score (nSPS) is 10.1. The summed E-state index contributed by atoms with van der Waals surface area (Å²) in [5.74, 6) is -1.23. The molecule has 0 saturated heterocycles. The molecule has 0 fully saturated rings. The molecule has 0 aliphatic heterocycles. The number of nitrogens with zero attached hydrogens (tertiary/aromatic N) is 1. The van der Waals surface area contributed by atoms with E-state index in [2.05, 4.69) is 11.9 Å². The number of hydrogen-bond acceptors (Lipinski definition) is 5. The average molecular weight is 280 g/mol. The summed E-state index contributed by atoms with van der Waals surface area (Å²) in [6.45, 7) is 6.40. The van der Waals surface area contributed by atoms with Crippen molar-refractivity contribution in [2.24, 2.45) is 0 Å². The SMILES string of the molecule is C=C(C)COCCNC(=O)c1cccc([N+](=O)[O-])c1O. The van der Waals surface area contributed by atoms with Crippen molar-refractivity contribution in [3.8, 4) is 5.75 Å². The molecule has 0 aromatic heterocycles. The number of phenolic OH excluding ortho intramolecular Hbond substituents is 1. The number of nitro groups is 1. The second-order valence-electron chi connectivity index (χ2n) is 4.20. The van der Waals surface area contributed by atoms with Crippen LogP contribution in [0.5, 0.6) is 5.75 Å². The Morgan fingerprint density at radius 1 is 1.55 bits per heavy atom. The van der Waals surface area contributed by atoms with Gasteiger partial charge in [-0.25, -0.2) is 0 Å². The van der Waals surface area contributed by atoms with Crippen LogP contribution >= 0.6 is 0 Å². The summed E-state index contributed by atoms with van der Waals surface area (Å²) in [5, 5.41) is 22.8. The zero-order valence-corrected chi connectivity index (χ0v) is 11.1. The lowest BCUT2D eigenvalue weighted by molar-refractivity contribution is -0.385. The van der Waals surface area contributed by atoms with Gasteiger partial charge in [0.1, 0.15) is 0 Å². The number of carbonyl (C=O) groups is 1. The van der Waals surface area contributed by atoms with Crippen LogP contribution in [0.15, 0.2) is 30.4 Å². The second-order valence-corrected chi connectivity index (χ2v) is 4.20. The molecule has 0 aliphatic carbocycles. The fourth-order valence-corrected chi connectivity index (χ4v) is 1.44. The van der Waals surface area contributed by atoms with Gasteiger partial charge in [-0.05, 0) is 13.0 Å². The molecule has 0 spiro atoms. The van der Waals surface area contributed by atoms with Crippen LogP contribution in [0.2, 0.25) is 0 Å². The van der Waals surface area contributed by atoms with E-state index in [1.165, 1.54) is 12.1 Å². The number of nitro benzene ring substituents is 1. The Labute approximate surface area is 116 Å². The van der Waals surface area contributed by atoms with Crippen molar-refractivity contribution in [3.05, 3.63) is 46.0 Å². The van der Waals surface area contributed by atoms with Crippen molar-refractivity contribution in [1.29, 1.82) is 0 Å².